The number of rotatable bonds is 2. The number of carbonyl (C=O) groups is 1. The minimum atomic E-state index is -0.412. The number of methoxy groups -OCH3 is 2. The molecule has 0 fully saturated rings. The molecule has 0 saturated heterocycles. The van der Waals surface area contributed by atoms with Crippen LogP contribution >= 0.6 is 11.6 Å². The average molecular weight is 251 g/mol. The van der Waals surface area contributed by atoms with Crippen LogP contribution in [-0.2, 0) is 4.74 Å². The van der Waals surface area contributed by atoms with Crippen molar-refractivity contribution in [2.45, 2.75) is 0 Å². The number of carbonyl (C=O) groups excluding carboxylic acids is 1. The molecule has 0 saturated carbocycles. The first-order valence-corrected chi connectivity index (χ1v) is 5.39. The zero-order valence-corrected chi connectivity index (χ0v) is 10.2. The molecule has 0 aromatic heterocycles. The third-order valence-corrected chi connectivity index (χ3v) is 2.88. The molecule has 2 aromatic rings. The Morgan fingerprint density at radius 2 is 1.94 bits per heavy atom. The molecule has 0 aliphatic carbocycles. The van der Waals surface area contributed by atoms with Gasteiger partial charge in [-0.1, -0.05) is 23.7 Å². The lowest BCUT2D eigenvalue weighted by molar-refractivity contribution is 0.0600. The minimum absolute atomic E-state index is 0.412. The fourth-order valence-electron chi connectivity index (χ4n) is 1.72. The molecule has 0 heterocycles. The van der Waals surface area contributed by atoms with Gasteiger partial charge in [-0.15, -0.1) is 0 Å². The summed E-state index contributed by atoms with van der Waals surface area (Å²) in [6.45, 7) is 0. The maximum absolute atomic E-state index is 11.5. The minimum Gasteiger partial charge on any atom is -0.496 e. The van der Waals surface area contributed by atoms with Gasteiger partial charge in [-0.05, 0) is 18.2 Å². The third-order valence-electron chi connectivity index (χ3n) is 2.55. The molecule has 4 heteroatoms. The van der Waals surface area contributed by atoms with Gasteiger partial charge in [0.25, 0.3) is 0 Å². The molecule has 0 radical (unpaired) electrons. The van der Waals surface area contributed by atoms with Crippen LogP contribution in [0.5, 0.6) is 5.75 Å². The first-order chi connectivity index (χ1) is 8.17. The number of ether oxygens (including phenoxy) is 2. The second-order valence-corrected chi connectivity index (χ2v) is 3.91. The Hall–Kier alpha value is -1.74. The Morgan fingerprint density at radius 1 is 1.18 bits per heavy atom. The van der Waals surface area contributed by atoms with Crippen LogP contribution < -0.4 is 4.74 Å². The number of hydrogen-bond donors (Lipinski definition) is 0. The van der Waals surface area contributed by atoms with E-state index in [1.807, 2.05) is 12.1 Å². The van der Waals surface area contributed by atoms with Crippen LogP contribution in [0.2, 0.25) is 5.02 Å². The van der Waals surface area contributed by atoms with E-state index in [0.29, 0.717) is 16.3 Å². The molecule has 0 spiro atoms. The summed E-state index contributed by atoms with van der Waals surface area (Å²) in [6, 6.07) is 8.84. The van der Waals surface area contributed by atoms with Gasteiger partial charge in [0.2, 0.25) is 0 Å². The molecule has 0 aliphatic heterocycles. The summed E-state index contributed by atoms with van der Waals surface area (Å²) in [6.07, 6.45) is 0. The smallest absolute Gasteiger partial charge is 0.338 e. The molecule has 0 aliphatic rings. The Kier molecular flexibility index (Phi) is 3.20. The van der Waals surface area contributed by atoms with Crippen molar-refractivity contribution in [1.82, 2.24) is 0 Å². The fourth-order valence-corrected chi connectivity index (χ4v) is 1.95. The normalized spacial score (nSPS) is 10.3. The van der Waals surface area contributed by atoms with Crippen molar-refractivity contribution in [3.63, 3.8) is 0 Å². The summed E-state index contributed by atoms with van der Waals surface area (Å²) in [4.78, 5) is 11.5. The summed E-state index contributed by atoms with van der Waals surface area (Å²) in [5, 5.41) is 2.22. The van der Waals surface area contributed by atoms with Crippen molar-refractivity contribution in [1.29, 1.82) is 0 Å². The molecule has 2 aromatic carbocycles. The first kappa shape index (κ1) is 11.7. The first-order valence-electron chi connectivity index (χ1n) is 5.02. The van der Waals surface area contributed by atoms with Crippen LogP contribution in [0.4, 0.5) is 0 Å². The highest BCUT2D eigenvalue weighted by Crippen LogP contribution is 2.32. The van der Waals surface area contributed by atoms with Gasteiger partial charge in [0.15, 0.2) is 0 Å². The largest absolute Gasteiger partial charge is 0.496 e. The maximum Gasteiger partial charge on any atom is 0.338 e. The van der Waals surface area contributed by atoms with Crippen LogP contribution in [0.15, 0.2) is 30.3 Å². The van der Waals surface area contributed by atoms with E-state index in [-0.39, 0.29) is 0 Å². The zero-order valence-electron chi connectivity index (χ0n) is 9.49. The average Bonchev–Trinajstić information content (AvgIpc) is 2.37. The van der Waals surface area contributed by atoms with E-state index in [9.17, 15) is 4.79 Å². The van der Waals surface area contributed by atoms with Gasteiger partial charge in [-0.25, -0.2) is 4.79 Å². The Labute approximate surface area is 104 Å². The lowest BCUT2D eigenvalue weighted by atomic mass is 10.1. The van der Waals surface area contributed by atoms with Crippen molar-refractivity contribution in [3.8, 4) is 5.75 Å². The molecular weight excluding hydrogens is 240 g/mol. The Morgan fingerprint density at radius 3 is 2.59 bits per heavy atom. The number of esters is 1. The fraction of sp³-hybridized carbons (Fsp3) is 0.154. The predicted octanol–water partition coefficient (Wildman–Crippen LogP) is 3.29. The molecule has 2 rings (SSSR count). The summed E-state index contributed by atoms with van der Waals surface area (Å²) in [5.41, 5.74) is 0.421. The van der Waals surface area contributed by atoms with Crippen molar-refractivity contribution in [2.24, 2.45) is 0 Å². The third kappa shape index (κ3) is 2.06. The molecule has 0 N–H and O–H groups in total. The summed E-state index contributed by atoms with van der Waals surface area (Å²) < 4.78 is 9.94. The molecule has 0 amide bonds. The molecule has 0 unspecified atom stereocenters. The Bertz CT molecular complexity index is 578. The number of hydrogen-bond acceptors (Lipinski definition) is 3. The van der Waals surface area contributed by atoms with E-state index in [4.69, 9.17) is 16.3 Å². The second kappa shape index (κ2) is 4.63. The van der Waals surface area contributed by atoms with E-state index in [1.165, 1.54) is 7.11 Å². The van der Waals surface area contributed by atoms with Crippen LogP contribution in [0.1, 0.15) is 10.4 Å². The predicted molar refractivity (Wildman–Crippen MR) is 66.8 cm³/mol. The number of benzene rings is 2. The van der Waals surface area contributed by atoms with E-state index in [2.05, 4.69) is 4.74 Å². The topological polar surface area (TPSA) is 35.5 Å². The monoisotopic (exact) mass is 250 g/mol. The molecular formula is C13H11ClO3. The van der Waals surface area contributed by atoms with Crippen LogP contribution in [-0.4, -0.2) is 20.2 Å². The molecule has 88 valence electrons. The van der Waals surface area contributed by atoms with Crippen molar-refractivity contribution in [3.05, 3.63) is 40.9 Å². The van der Waals surface area contributed by atoms with Gasteiger partial charge in [0, 0.05) is 15.8 Å². The van der Waals surface area contributed by atoms with Crippen LogP contribution in [0.25, 0.3) is 10.8 Å². The van der Waals surface area contributed by atoms with Gasteiger partial charge in [-0.2, -0.15) is 0 Å². The van der Waals surface area contributed by atoms with Crippen LogP contribution in [0, 0.1) is 0 Å². The van der Waals surface area contributed by atoms with Gasteiger partial charge in [0.05, 0.1) is 19.8 Å². The van der Waals surface area contributed by atoms with Gasteiger partial charge < -0.3 is 9.47 Å². The molecule has 0 bridgehead atoms. The Balaban J connectivity index is 2.76. The highest BCUT2D eigenvalue weighted by Gasteiger charge is 2.12. The van der Waals surface area contributed by atoms with E-state index in [1.54, 1.807) is 25.3 Å². The van der Waals surface area contributed by atoms with Crippen molar-refractivity contribution >= 4 is 28.3 Å². The van der Waals surface area contributed by atoms with Gasteiger partial charge in [-0.3, -0.25) is 0 Å². The molecule has 17 heavy (non-hydrogen) atoms. The molecule has 3 nitrogen and oxygen atoms in total. The van der Waals surface area contributed by atoms with E-state index < -0.39 is 5.97 Å². The van der Waals surface area contributed by atoms with E-state index in [0.717, 1.165) is 10.8 Å². The summed E-state index contributed by atoms with van der Waals surface area (Å²) in [7, 11) is 2.89. The highest BCUT2D eigenvalue weighted by atomic mass is 35.5. The van der Waals surface area contributed by atoms with E-state index >= 15 is 0 Å². The summed E-state index contributed by atoms with van der Waals surface area (Å²) >= 11 is 6.10. The van der Waals surface area contributed by atoms with Crippen molar-refractivity contribution in [2.75, 3.05) is 14.2 Å². The summed E-state index contributed by atoms with van der Waals surface area (Å²) in [5.74, 6) is 0.190. The maximum atomic E-state index is 11.5. The second-order valence-electron chi connectivity index (χ2n) is 3.51. The number of fused-ring (bicyclic) bond motifs is 1. The quantitative estimate of drug-likeness (QED) is 0.768. The number of halogens is 1. The standard InChI is InChI=1S/C13H11ClO3/c1-16-12-7-8(13(15)17-2)6-10-9(12)4-3-5-11(10)14/h3-7H,1-2H3. The molecule has 0 atom stereocenters. The van der Waals surface area contributed by atoms with Crippen LogP contribution in [0.3, 0.4) is 0 Å². The van der Waals surface area contributed by atoms with Crippen molar-refractivity contribution < 1.29 is 14.3 Å². The zero-order chi connectivity index (χ0) is 12.4. The lowest BCUT2D eigenvalue weighted by Gasteiger charge is -2.09. The van der Waals surface area contributed by atoms with Gasteiger partial charge >= 0.3 is 5.97 Å². The SMILES string of the molecule is COC(=O)c1cc(OC)c2cccc(Cl)c2c1. The lowest BCUT2D eigenvalue weighted by Crippen LogP contribution is -2.01. The highest BCUT2D eigenvalue weighted by molar-refractivity contribution is 6.35. The van der Waals surface area contributed by atoms with Gasteiger partial charge in [0.1, 0.15) is 5.75 Å².